The maximum Gasteiger partial charge on any atom is 0.219 e. The lowest BCUT2D eigenvalue weighted by atomic mass is 10.1. The van der Waals surface area contributed by atoms with Crippen molar-refractivity contribution in [2.75, 3.05) is 31.1 Å². The van der Waals surface area contributed by atoms with Crippen molar-refractivity contribution in [2.45, 2.75) is 13.5 Å². The number of carbonyl (C=O) groups excluding carboxylic acids is 1. The van der Waals surface area contributed by atoms with E-state index in [0.717, 1.165) is 0 Å². The zero-order valence-corrected chi connectivity index (χ0v) is 10.4. The molecule has 5 heteroatoms. The highest BCUT2D eigenvalue weighted by atomic mass is 19.1. The van der Waals surface area contributed by atoms with Gasteiger partial charge in [0.2, 0.25) is 5.91 Å². The zero-order valence-electron chi connectivity index (χ0n) is 10.4. The molecule has 0 aliphatic carbocycles. The highest BCUT2D eigenvalue weighted by molar-refractivity contribution is 5.73. The van der Waals surface area contributed by atoms with Gasteiger partial charge in [0.05, 0.1) is 12.3 Å². The van der Waals surface area contributed by atoms with Crippen molar-refractivity contribution in [1.29, 1.82) is 0 Å². The quantitative estimate of drug-likeness (QED) is 0.853. The van der Waals surface area contributed by atoms with Crippen LogP contribution in [0, 0.1) is 5.82 Å². The summed E-state index contributed by atoms with van der Waals surface area (Å²) in [4.78, 5) is 14.9. The van der Waals surface area contributed by atoms with Gasteiger partial charge < -0.3 is 14.9 Å². The number of hydrogen-bond acceptors (Lipinski definition) is 3. The SMILES string of the molecule is CC(=O)N1CCN(c2ccc(CO)cc2F)CC1. The molecule has 0 unspecified atom stereocenters. The van der Waals surface area contributed by atoms with Crippen LogP contribution in [0.3, 0.4) is 0 Å². The predicted octanol–water partition coefficient (Wildman–Crippen LogP) is 0.987. The number of nitrogens with zero attached hydrogens (tertiary/aromatic N) is 2. The molecule has 1 heterocycles. The van der Waals surface area contributed by atoms with Crippen LogP contribution in [0.4, 0.5) is 10.1 Å². The molecule has 1 aromatic carbocycles. The number of carbonyl (C=O) groups is 1. The molecule has 0 atom stereocenters. The van der Waals surface area contributed by atoms with Gasteiger partial charge >= 0.3 is 0 Å². The molecule has 1 amide bonds. The van der Waals surface area contributed by atoms with Gasteiger partial charge in [0.15, 0.2) is 0 Å². The lowest BCUT2D eigenvalue weighted by molar-refractivity contribution is -0.129. The molecule has 2 rings (SSSR count). The zero-order chi connectivity index (χ0) is 13.1. The molecule has 0 spiro atoms. The summed E-state index contributed by atoms with van der Waals surface area (Å²) in [7, 11) is 0. The first-order valence-corrected chi connectivity index (χ1v) is 6.01. The molecule has 1 aliphatic rings. The van der Waals surface area contributed by atoms with Crippen LogP contribution < -0.4 is 4.90 Å². The van der Waals surface area contributed by atoms with E-state index in [1.54, 1.807) is 24.0 Å². The first-order valence-electron chi connectivity index (χ1n) is 6.01. The smallest absolute Gasteiger partial charge is 0.219 e. The molecule has 0 saturated carbocycles. The molecular formula is C13H17FN2O2. The first-order chi connectivity index (χ1) is 8.61. The average Bonchev–Trinajstić information content (AvgIpc) is 2.38. The Labute approximate surface area is 106 Å². The molecular weight excluding hydrogens is 235 g/mol. The highest BCUT2D eigenvalue weighted by Crippen LogP contribution is 2.22. The number of piperazine rings is 1. The second-order valence-electron chi connectivity index (χ2n) is 4.44. The normalized spacial score (nSPS) is 15.9. The molecule has 0 radical (unpaired) electrons. The van der Waals surface area contributed by atoms with Crippen molar-refractivity contribution in [3.8, 4) is 0 Å². The average molecular weight is 252 g/mol. The minimum atomic E-state index is -0.321. The van der Waals surface area contributed by atoms with Gasteiger partial charge in [-0.2, -0.15) is 0 Å². The molecule has 18 heavy (non-hydrogen) atoms. The predicted molar refractivity (Wildman–Crippen MR) is 66.8 cm³/mol. The molecule has 4 nitrogen and oxygen atoms in total. The lowest BCUT2D eigenvalue weighted by Crippen LogP contribution is -2.48. The van der Waals surface area contributed by atoms with Crippen LogP contribution >= 0.6 is 0 Å². The van der Waals surface area contributed by atoms with E-state index in [1.807, 2.05) is 4.90 Å². The van der Waals surface area contributed by atoms with Crippen molar-refractivity contribution >= 4 is 11.6 Å². The third-order valence-corrected chi connectivity index (χ3v) is 3.26. The molecule has 1 saturated heterocycles. The number of anilines is 1. The number of halogens is 1. The minimum absolute atomic E-state index is 0.0609. The van der Waals surface area contributed by atoms with Crippen LogP contribution in [0.2, 0.25) is 0 Å². The van der Waals surface area contributed by atoms with Crippen LogP contribution in [0.1, 0.15) is 12.5 Å². The fourth-order valence-electron chi connectivity index (χ4n) is 2.17. The van der Waals surface area contributed by atoms with E-state index in [9.17, 15) is 9.18 Å². The monoisotopic (exact) mass is 252 g/mol. The van der Waals surface area contributed by atoms with E-state index >= 15 is 0 Å². The Bertz CT molecular complexity index is 443. The molecule has 98 valence electrons. The van der Waals surface area contributed by atoms with Crippen molar-refractivity contribution in [2.24, 2.45) is 0 Å². The van der Waals surface area contributed by atoms with E-state index in [-0.39, 0.29) is 18.3 Å². The van der Waals surface area contributed by atoms with Crippen LogP contribution in [0.25, 0.3) is 0 Å². The van der Waals surface area contributed by atoms with Gasteiger partial charge in [0.25, 0.3) is 0 Å². The number of rotatable bonds is 2. The van der Waals surface area contributed by atoms with Crippen LogP contribution in [-0.4, -0.2) is 42.1 Å². The minimum Gasteiger partial charge on any atom is -0.392 e. The summed E-state index contributed by atoms with van der Waals surface area (Å²) in [6.07, 6.45) is 0. The maximum absolute atomic E-state index is 13.8. The molecule has 1 aromatic rings. The van der Waals surface area contributed by atoms with Crippen LogP contribution in [0.15, 0.2) is 18.2 Å². The standard InChI is InChI=1S/C13H17FN2O2/c1-10(18)15-4-6-16(7-5-15)13-3-2-11(9-17)8-12(13)14/h2-3,8,17H,4-7,9H2,1H3. The maximum atomic E-state index is 13.8. The van der Waals surface area contributed by atoms with Crippen molar-refractivity contribution in [3.63, 3.8) is 0 Å². The number of aliphatic hydroxyl groups is 1. The van der Waals surface area contributed by atoms with E-state index in [0.29, 0.717) is 37.4 Å². The summed E-state index contributed by atoms with van der Waals surface area (Å²) in [6, 6.07) is 4.76. The van der Waals surface area contributed by atoms with Gasteiger partial charge in [0.1, 0.15) is 5.82 Å². The molecule has 1 fully saturated rings. The summed E-state index contributed by atoms with van der Waals surface area (Å²) in [5.74, 6) is -0.261. The second kappa shape index (κ2) is 5.35. The van der Waals surface area contributed by atoms with Gasteiger partial charge in [-0.1, -0.05) is 6.07 Å². The third-order valence-electron chi connectivity index (χ3n) is 3.26. The topological polar surface area (TPSA) is 43.8 Å². The summed E-state index contributed by atoms with van der Waals surface area (Å²) in [5.41, 5.74) is 1.11. The largest absolute Gasteiger partial charge is 0.392 e. The Hall–Kier alpha value is -1.62. The molecule has 1 aliphatic heterocycles. The number of aliphatic hydroxyl groups excluding tert-OH is 1. The van der Waals surface area contributed by atoms with Gasteiger partial charge in [-0.05, 0) is 17.7 Å². The number of hydrogen-bond donors (Lipinski definition) is 1. The number of amides is 1. The Kier molecular flexibility index (Phi) is 3.81. The lowest BCUT2D eigenvalue weighted by Gasteiger charge is -2.35. The fourth-order valence-corrected chi connectivity index (χ4v) is 2.17. The van der Waals surface area contributed by atoms with E-state index in [4.69, 9.17) is 5.11 Å². The Morgan fingerprint density at radius 1 is 1.33 bits per heavy atom. The van der Waals surface area contributed by atoms with Gasteiger partial charge in [-0.3, -0.25) is 4.79 Å². The van der Waals surface area contributed by atoms with Gasteiger partial charge in [-0.15, -0.1) is 0 Å². The Morgan fingerprint density at radius 3 is 2.50 bits per heavy atom. The van der Waals surface area contributed by atoms with E-state index < -0.39 is 0 Å². The summed E-state index contributed by atoms with van der Waals surface area (Å²) in [6.45, 7) is 3.90. The first kappa shape index (κ1) is 12.8. The second-order valence-corrected chi connectivity index (χ2v) is 4.44. The van der Waals surface area contributed by atoms with E-state index in [2.05, 4.69) is 0 Å². The van der Waals surface area contributed by atoms with Gasteiger partial charge in [-0.25, -0.2) is 4.39 Å². The summed E-state index contributed by atoms with van der Waals surface area (Å²) < 4.78 is 13.8. The van der Waals surface area contributed by atoms with Gasteiger partial charge in [0, 0.05) is 33.1 Å². The third kappa shape index (κ3) is 2.61. The summed E-state index contributed by atoms with van der Waals surface area (Å²) >= 11 is 0. The summed E-state index contributed by atoms with van der Waals surface area (Å²) in [5, 5.41) is 8.93. The van der Waals surface area contributed by atoms with Crippen LogP contribution in [-0.2, 0) is 11.4 Å². The molecule has 0 aromatic heterocycles. The Morgan fingerprint density at radius 2 is 2.00 bits per heavy atom. The van der Waals surface area contributed by atoms with Crippen LogP contribution in [0.5, 0.6) is 0 Å². The molecule has 0 bridgehead atoms. The van der Waals surface area contributed by atoms with E-state index in [1.165, 1.54) is 6.07 Å². The van der Waals surface area contributed by atoms with Crippen molar-refractivity contribution in [3.05, 3.63) is 29.6 Å². The number of benzene rings is 1. The van der Waals surface area contributed by atoms with Crippen molar-refractivity contribution < 1.29 is 14.3 Å². The molecule has 1 N–H and O–H groups in total. The highest BCUT2D eigenvalue weighted by Gasteiger charge is 2.20. The fraction of sp³-hybridized carbons (Fsp3) is 0.462. The Balaban J connectivity index is 2.07. The van der Waals surface area contributed by atoms with Crippen molar-refractivity contribution in [1.82, 2.24) is 4.90 Å².